The number of aryl methyl sites for hydroxylation is 1. The van der Waals surface area contributed by atoms with E-state index in [9.17, 15) is 4.79 Å². The molecule has 2 aromatic rings. The fourth-order valence-corrected chi connectivity index (χ4v) is 3.25. The number of benzene rings is 1. The predicted octanol–water partition coefficient (Wildman–Crippen LogP) is 2.62. The van der Waals surface area contributed by atoms with Crippen LogP contribution in [0, 0.1) is 6.92 Å². The molecule has 1 saturated heterocycles. The quantitative estimate of drug-likeness (QED) is 0.871. The van der Waals surface area contributed by atoms with E-state index >= 15 is 0 Å². The van der Waals surface area contributed by atoms with Gasteiger partial charge in [-0.25, -0.2) is 9.97 Å². The first-order chi connectivity index (χ1) is 11.7. The van der Waals surface area contributed by atoms with Crippen LogP contribution in [0.3, 0.4) is 0 Å². The summed E-state index contributed by atoms with van der Waals surface area (Å²) in [4.78, 5) is 25.5. The molecular weight excluding hydrogens is 300 g/mol. The maximum absolute atomic E-state index is 12.7. The molecule has 1 aliphatic heterocycles. The third-order valence-corrected chi connectivity index (χ3v) is 4.84. The first kappa shape index (κ1) is 15.1. The first-order valence-corrected chi connectivity index (χ1v) is 8.63. The summed E-state index contributed by atoms with van der Waals surface area (Å²) in [6.45, 7) is 5.28. The highest BCUT2D eigenvalue weighted by Crippen LogP contribution is 2.38. The van der Waals surface area contributed by atoms with Crippen molar-refractivity contribution in [1.29, 1.82) is 0 Å². The van der Waals surface area contributed by atoms with E-state index in [4.69, 9.17) is 0 Å². The molecule has 24 heavy (non-hydrogen) atoms. The zero-order chi connectivity index (χ0) is 16.5. The van der Waals surface area contributed by atoms with E-state index in [-0.39, 0.29) is 5.91 Å². The van der Waals surface area contributed by atoms with Crippen LogP contribution in [0.25, 0.3) is 0 Å². The summed E-state index contributed by atoms with van der Waals surface area (Å²) in [7, 11) is 0. The molecule has 1 amide bonds. The molecule has 1 saturated carbocycles. The molecule has 0 atom stereocenters. The van der Waals surface area contributed by atoms with Crippen molar-refractivity contribution in [3.8, 4) is 0 Å². The predicted molar refractivity (Wildman–Crippen MR) is 93.3 cm³/mol. The second-order valence-electron chi connectivity index (χ2n) is 6.72. The third-order valence-electron chi connectivity index (χ3n) is 4.84. The number of hydrogen-bond acceptors (Lipinski definition) is 4. The fraction of sp³-hybridized carbons (Fsp3) is 0.421. The second-order valence-corrected chi connectivity index (χ2v) is 6.72. The van der Waals surface area contributed by atoms with Crippen molar-refractivity contribution in [2.45, 2.75) is 25.7 Å². The standard InChI is InChI=1S/C19H22N4O/c1-14-3-2-4-16(11-14)22-7-9-23(10-8-22)19(24)18-12-17(15-5-6-15)20-13-21-18/h2-4,11-13,15H,5-10H2,1H3. The number of piperazine rings is 1. The lowest BCUT2D eigenvalue weighted by Gasteiger charge is -2.36. The lowest BCUT2D eigenvalue weighted by atomic mass is 10.2. The minimum Gasteiger partial charge on any atom is -0.368 e. The molecule has 0 N–H and O–H groups in total. The van der Waals surface area contributed by atoms with Crippen molar-refractivity contribution >= 4 is 11.6 Å². The Bertz CT molecular complexity index is 749. The van der Waals surface area contributed by atoms with Crippen LogP contribution in [0.1, 0.15) is 40.5 Å². The summed E-state index contributed by atoms with van der Waals surface area (Å²) in [5.41, 5.74) is 4.06. The first-order valence-electron chi connectivity index (χ1n) is 8.63. The number of nitrogens with zero attached hydrogens (tertiary/aromatic N) is 4. The van der Waals surface area contributed by atoms with E-state index in [2.05, 4.69) is 46.1 Å². The van der Waals surface area contributed by atoms with Crippen LogP contribution in [0.4, 0.5) is 5.69 Å². The van der Waals surface area contributed by atoms with Gasteiger partial charge in [0, 0.05) is 43.5 Å². The van der Waals surface area contributed by atoms with Gasteiger partial charge in [-0.05, 0) is 43.5 Å². The molecule has 2 heterocycles. The summed E-state index contributed by atoms with van der Waals surface area (Å²) in [6.07, 6.45) is 3.89. The molecule has 1 aliphatic carbocycles. The van der Waals surface area contributed by atoms with Crippen molar-refractivity contribution in [1.82, 2.24) is 14.9 Å². The topological polar surface area (TPSA) is 49.3 Å². The molecule has 1 aromatic heterocycles. The molecule has 5 heteroatoms. The van der Waals surface area contributed by atoms with Gasteiger partial charge in [0.25, 0.3) is 5.91 Å². The molecule has 124 valence electrons. The lowest BCUT2D eigenvalue weighted by Crippen LogP contribution is -2.49. The average Bonchev–Trinajstić information content (AvgIpc) is 3.47. The van der Waals surface area contributed by atoms with Gasteiger partial charge in [0.05, 0.1) is 0 Å². The van der Waals surface area contributed by atoms with Gasteiger partial charge in [0.15, 0.2) is 0 Å². The van der Waals surface area contributed by atoms with Crippen molar-refractivity contribution in [2.24, 2.45) is 0 Å². The van der Waals surface area contributed by atoms with Crippen LogP contribution in [-0.2, 0) is 0 Å². The summed E-state index contributed by atoms with van der Waals surface area (Å²) >= 11 is 0. The Kier molecular flexibility index (Phi) is 3.92. The van der Waals surface area contributed by atoms with Gasteiger partial charge in [-0.15, -0.1) is 0 Å². The fourth-order valence-electron chi connectivity index (χ4n) is 3.25. The third kappa shape index (κ3) is 3.11. The number of carbonyl (C=O) groups is 1. The van der Waals surface area contributed by atoms with Crippen LogP contribution in [0.5, 0.6) is 0 Å². The molecular formula is C19H22N4O. The average molecular weight is 322 g/mol. The zero-order valence-corrected chi connectivity index (χ0v) is 14.0. The van der Waals surface area contributed by atoms with E-state index in [1.54, 1.807) is 0 Å². The molecule has 4 rings (SSSR count). The molecule has 5 nitrogen and oxygen atoms in total. The van der Waals surface area contributed by atoms with Gasteiger partial charge >= 0.3 is 0 Å². The normalized spacial score (nSPS) is 17.9. The van der Waals surface area contributed by atoms with Crippen molar-refractivity contribution in [2.75, 3.05) is 31.1 Å². The molecule has 1 aromatic carbocycles. The highest BCUT2D eigenvalue weighted by molar-refractivity contribution is 5.92. The number of hydrogen-bond donors (Lipinski definition) is 0. The SMILES string of the molecule is Cc1cccc(N2CCN(C(=O)c3cc(C4CC4)ncn3)CC2)c1. The van der Waals surface area contributed by atoms with E-state index in [1.165, 1.54) is 30.4 Å². The van der Waals surface area contributed by atoms with Gasteiger partial charge in [-0.3, -0.25) is 4.79 Å². The molecule has 0 bridgehead atoms. The monoisotopic (exact) mass is 322 g/mol. The van der Waals surface area contributed by atoms with E-state index in [0.29, 0.717) is 11.6 Å². The van der Waals surface area contributed by atoms with E-state index in [0.717, 1.165) is 31.9 Å². The maximum atomic E-state index is 12.7. The number of carbonyl (C=O) groups excluding carboxylic acids is 1. The molecule has 2 fully saturated rings. The number of amides is 1. The van der Waals surface area contributed by atoms with Gasteiger partial charge < -0.3 is 9.80 Å². The summed E-state index contributed by atoms with van der Waals surface area (Å²) in [6, 6.07) is 10.4. The van der Waals surface area contributed by atoms with Crippen LogP contribution < -0.4 is 4.90 Å². The van der Waals surface area contributed by atoms with Crippen molar-refractivity contribution < 1.29 is 4.79 Å². The van der Waals surface area contributed by atoms with Gasteiger partial charge in [-0.2, -0.15) is 0 Å². The Hall–Kier alpha value is -2.43. The maximum Gasteiger partial charge on any atom is 0.272 e. The smallest absolute Gasteiger partial charge is 0.272 e. The van der Waals surface area contributed by atoms with Crippen molar-refractivity contribution in [3.63, 3.8) is 0 Å². The van der Waals surface area contributed by atoms with Crippen LogP contribution >= 0.6 is 0 Å². The van der Waals surface area contributed by atoms with Gasteiger partial charge in [0.2, 0.25) is 0 Å². The van der Waals surface area contributed by atoms with Gasteiger partial charge in [0.1, 0.15) is 12.0 Å². The lowest BCUT2D eigenvalue weighted by molar-refractivity contribution is 0.0740. The van der Waals surface area contributed by atoms with Gasteiger partial charge in [-0.1, -0.05) is 12.1 Å². The Morgan fingerprint density at radius 1 is 1.08 bits per heavy atom. The number of anilines is 1. The molecule has 0 spiro atoms. The Labute approximate surface area is 142 Å². The van der Waals surface area contributed by atoms with Crippen LogP contribution in [0.15, 0.2) is 36.7 Å². The van der Waals surface area contributed by atoms with E-state index in [1.807, 2.05) is 11.0 Å². The highest BCUT2D eigenvalue weighted by atomic mass is 16.2. The summed E-state index contributed by atoms with van der Waals surface area (Å²) < 4.78 is 0. The summed E-state index contributed by atoms with van der Waals surface area (Å²) in [5.74, 6) is 0.570. The van der Waals surface area contributed by atoms with Crippen molar-refractivity contribution in [3.05, 3.63) is 53.6 Å². The Balaban J connectivity index is 1.42. The Morgan fingerprint density at radius 3 is 2.58 bits per heavy atom. The van der Waals surface area contributed by atoms with Crippen LogP contribution in [-0.4, -0.2) is 47.0 Å². The minimum absolute atomic E-state index is 0.0307. The Morgan fingerprint density at radius 2 is 1.88 bits per heavy atom. The summed E-state index contributed by atoms with van der Waals surface area (Å²) in [5, 5.41) is 0. The largest absolute Gasteiger partial charge is 0.368 e. The molecule has 0 unspecified atom stereocenters. The molecule has 0 radical (unpaired) electrons. The number of rotatable bonds is 3. The van der Waals surface area contributed by atoms with Crippen LogP contribution in [0.2, 0.25) is 0 Å². The van der Waals surface area contributed by atoms with E-state index < -0.39 is 0 Å². The minimum atomic E-state index is 0.0307. The number of aromatic nitrogens is 2. The zero-order valence-electron chi connectivity index (χ0n) is 14.0. The highest BCUT2D eigenvalue weighted by Gasteiger charge is 2.28. The molecule has 2 aliphatic rings. The second kappa shape index (κ2) is 6.23.